The van der Waals surface area contributed by atoms with Crippen molar-refractivity contribution in [1.82, 2.24) is 10.2 Å². The molecule has 0 aromatic rings. The van der Waals surface area contributed by atoms with Crippen molar-refractivity contribution in [3.63, 3.8) is 0 Å². The van der Waals surface area contributed by atoms with Gasteiger partial charge in [-0.1, -0.05) is 13.8 Å². The monoisotopic (exact) mass is 214 g/mol. The van der Waals surface area contributed by atoms with Crippen molar-refractivity contribution in [3.05, 3.63) is 0 Å². The summed E-state index contributed by atoms with van der Waals surface area (Å²) in [6.45, 7) is 7.04. The van der Waals surface area contributed by atoms with Crippen LogP contribution < -0.4 is 5.32 Å². The van der Waals surface area contributed by atoms with Crippen molar-refractivity contribution >= 4 is 5.91 Å². The van der Waals surface area contributed by atoms with Gasteiger partial charge in [0, 0.05) is 19.6 Å². The first-order chi connectivity index (χ1) is 7.08. The molecule has 88 valence electrons. The van der Waals surface area contributed by atoms with Crippen LogP contribution in [0.25, 0.3) is 0 Å². The summed E-state index contributed by atoms with van der Waals surface area (Å²) in [5, 5.41) is 12.2. The van der Waals surface area contributed by atoms with Crippen LogP contribution in [0.15, 0.2) is 0 Å². The SMILES string of the molecule is CC(C)CNC(=O)CN1CCC(O)CC1. The van der Waals surface area contributed by atoms with Gasteiger partial charge in [0.1, 0.15) is 0 Å². The highest BCUT2D eigenvalue weighted by Crippen LogP contribution is 2.08. The Morgan fingerprint density at radius 3 is 2.60 bits per heavy atom. The molecule has 0 unspecified atom stereocenters. The van der Waals surface area contributed by atoms with Crippen molar-refractivity contribution in [2.75, 3.05) is 26.2 Å². The Labute approximate surface area is 91.6 Å². The predicted molar refractivity (Wildman–Crippen MR) is 59.5 cm³/mol. The molecule has 1 aliphatic rings. The molecule has 4 heteroatoms. The van der Waals surface area contributed by atoms with Gasteiger partial charge < -0.3 is 10.4 Å². The molecule has 1 aliphatic heterocycles. The van der Waals surface area contributed by atoms with Crippen LogP contribution in [0.2, 0.25) is 0 Å². The number of hydrogen-bond acceptors (Lipinski definition) is 3. The van der Waals surface area contributed by atoms with E-state index >= 15 is 0 Å². The molecule has 0 aliphatic carbocycles. The average molecular weight is 214 g/mol. The fourth-order valence-electron chi connectivity index (χ4n) is 1.65. The van der Waals surface area contributed by atoms with Crippen molar-refractivity contribution in [2.45, 2.75) is 32.8 Å². The number of amides is 1. The van der Waals surface area contributed by atoms with Gasteiger partial charge in [0.2, 0.25) is 5.91 Å². The summed E-state index contributed by atoms with van der Waals surface area (Å²) in [5.41, 5.74) is 0. The van der Waals surface area contributed by atoms with E-state index in [1.165, 1.54) is 0 Å². The van der Waals surface area contributed by atoms with Gasteiger partial charge in [-0.25, -0.2) is 0 Å². The number of carbonyl (C=O) groups excluding carboxylic acids is 1. The van der Waals surface area contributed by atoms with Gasteiger partial charge >= 0.3 is 0 Å². The van der Waals surface area contributed by atoms with Gasteiger partial charge in [0.25, 0.3) is 0 Å². The average Bonchev–Trinajstić information content (AvgIpc) is 2.19. The molecule has 0 saturated carbocycles. The lowest BCUT2D eigenvalue weighted by atomic mass is 10.1. The van der Waals surface area contributed by atoms with E-state index in [0.717, 1.165) is 32.5 Å². The third-order valence-electron chi connectivity index (χ3n) is 2.63. The molecular formula is C11H22N2O2. The van der Waals surface area contributed by atoms with Crippen LogP contribution in [0.4, 0.5) is 0 Å². The molecule has 0 radical (unpaired) electrons. The zero-order valence-electron chi connectivity index (χ0n) is 9.70. The highest BCUT2D eigenvalue weighted by molar-refractivity contribution is 5.77. The second kappa shape index (κ2) is 6.08. The first kappa shape index (κ1) is 12.5. The molecule has 15 heavy (non-hydrogen) atoms. The van der Waals surface area contributed by atoms with Crippen molar-refractivity contribution < 1.29 is 9.90 Å². The second-order valence-electron chi connectivity index (χ2n) is 4.71. The number of aliphatic hydroxyl groups excluding tert-OH is 1. The first-order valence-corrected chi connectivity index (χ1v) is 5.75. The highest BCUT2D eigenvalue weighted by Gasteiger charge is 2.18. The van der Waals surface area contributed by atoms with Crippen LogP contribution in [0.1, 0.15) is 26.7 Å². The Morgan fingerprint density at radius 1 is 1.47 bits per heavy atom. The number of aliphatic hydroxyl groups is 1. The van der Waals surface area contributed by atoms with E-state index in [2.05, 4.69) is 24.1 Å². The van der Waals surface area contributed by atoms with Crippen LogP contribution in [0, 0.1) is 5.92 Å². The molecule has 1 amide bonds. The molecule has 1 fully saturated rings. The van der Waals surface area contributed by atoms with E-state index in [9.17, 15) is 9.90 Å². The van der Waals surface area contributed by atoms with Crippen LogP contribution in [0.5, 0.6) is 0 Å². The highest BCUT2D eigenvalue weighted by atomic mass is 16.3. The summed E-state index contributed by atoms with van der Waals surface area (Å²) in [6, 6.07) is 0. The quantitative estimate of drug-likeness (QED) is 0.703. The molecule has 0 aromatic heterocycles. The molecule has 1 rings (SSSR count). The molecule has 1 saturated heterocycles. The predicted octanol–water partition coefficient (Wildman–Crippen LogP) is 0.215. The summed E-state index contributed by atoms with van der Waals surface area (Å²) >= 11 is 0. The minimum Gasteiger partial charge on any atom is -0.393 e. The Balaban J connectivity index is 2.15. The lowest BCUT2D eigenvalue weighted by molar-refractivity contribution is -0.122. The van der Waals surface area contributed by atoms with Crippen molar-refractivity contribution in [3.8, 4) is 0 Å². The molecule has 2 N–H and O–H groups in total. The largest absolute Gasteiger partial charge is 0.393 e. The van der Waals surface area contributed by atoms with Gasteiger partial charge in [-0.2, -0.15) is 0 Å². The van der Waals surface area contributed by atoms with Crippen molar-refractivity contribution in [1.29, 1.82) is 0 Å². The van der Waals surface area contributed by atoms with Crippen LogP contribution in [0.3, 0.4) is 0 Å². The number of hydrogen-bond donors (Lipinski definition) is 2. The smallest absolute Gasteiger partial charge is 0.234 e. The fourth-order valence-corrected chi connectivity index (χ4v) is 1.65. The minimum atomic E-state index is -0.167. The van der Waals surface area contributed by atoms with Crippen molar-refractivity contribution in [2.24, 2.45) is 5.92 Å². The lowest BCUT2D eigenvalue weighted by Crippen LogP contribution is -2.43. The third kappa shape index (κ3) is 5.14. The van der Waals surface area contributed by atoms with E-state index < -0.39 is 0 Å². The molecule has 1 heterocycles. The lowest BCUT2D eigenvalue weighted by Gasteiger charge is -2.28. The standard InChI is InChI=1S/C11H22N2O2/c1-9(2)7-12-11(15)8-13-5-3-10(14)4-6-13/h9-10,14H,3-8H2,1-2H3,(H,12,15). The van der Waals surface area contributed by atoms with E-state index in [1.54, 1.807) is 0 Å². The fraction of sp³-hybridized carbons (Fsp3) is 0.909. The number of likely N-dealkylation sites (tertiary alicyclic amines) is 1. The second-order valence-corrected chi connectivity index (χ2v) is 4.71. The Kier molecular flexibility index (Phi) is 5.05. The summed E-state index contributed by atoms with van der Waals surface area (Å²) < 4.78 is 0. The van der Waals surface area contributed by atoms with Gasteiger partial charge in [-0.3, -0.25) is 9.69 Å². The van der Waals surface area contributed by atoms with E-state index in [4.69, 9.17) is 0 Å². The molecule has 0 spiro atoms. The molecule has 0 bridgehead atoms. The van der Waals surface area contributed by atoms with Gasteiger partial charge in [0.05, 0.1) is 12.6 Å². The Bertz CT molecular complexity index is 199. The topological polar surface area (TPSA) is 52.6 Å². The molecular weight excluding hydrogens is 192 g/mol. The minimum absolute atomic E-state index is 0.0973. The summed E-state index contributed by atoms with van der Waals surface area (Å²) in [5.74, 6) is 0.595. The molecule has 0 atom stereocenters. The van der Waals surface area contributed by atoms with Gasteiger partial charge in [-0.15, -0.1) is 0 Å². The zero-order chi connectivity index (χ0) is 11.3. The van der Waals surface area contributed by atoms with E-state index in [0.29, 0.717) is 12.5 Å². The number of piperidine rings is 1. The van der Waals surface area contributed by atoms with Crippen LogP contribution in [-0.2, 0) is 4.79 Å². The number of carbonyl (C=O) groups is 1. The maximum absolute atomic E-state index is 11.5. The number of nitrogens with zero attached hydrogens (tertiary/aromatic N) is 1. The van der Waals surface area contributed by atoms with Gasteiger partial charge in [0.15, 0.2) is 0 Å². The van der Waals surface area contributed by atoms with E-state index in [-0.39, 0.29) is 12.0 Å². The van der Waals surface area contributed by atoms with E-state index in [1.807, 2.05) is 0 Å². The third-order valence-corrected chi connectivity index (χ3v) is 2.63. The Hall–Kier alpha value is -0.610. The normalized spacial score (nSPS) is 19.5. The molecule has 4 nitrogen and oxygen atoms in total. The molecule has 0 aromatic carbocycles. The maximum Gasteiger partial charge on any atom is 0.234 e. The first-order valence-electron chi connectivity index (χ1n) is 5.75. The van der Waals surface area contributed by atoms with Gasteiger partial charge in [-0.05, 0) is 18.8 Å². The maximum atomic E-state index is 11.5. The number of nitrogens with one attached hydrogen (secondary N) is 1. The number of rotatable bonds is 4. The summed E-state index contributed by atoms with van der Waals surface area (Å²) in [7, 11) is 0. The Morgan fingerprint density at radius 2 is 2.07 bits per heavy atom. The van der Waals surface area contributed by atoms with Crippen LogP contribution >= 0.6 is 0 Å². The summed E-state index contributed by atoms with van der Waals surface area (Å²) in [6.07, 6.45) is 1.41. The van der Waals surface area contributed by atoms with Crippen LogP contribution in [-0.4, -0.2) is 48.2 Å². The zero-order valence-corrected chi connectivity index (χ0v) is 9.70. The summed E-state index contributed by atoms with van der Waals surface area (Å²) in [4.78, 5) is 13.6.